The van der Waals surface area contributed by atoms with Crippen molar-refractivity contribution in [3.63, 3.8) is 0 Å². The molecular weight excluding hydrogens is 230 g/mol. The first kappa shape index (κ1) is 10.1. The minimum absolute atomic E-state index is 0.599. The molecule has 3 nitrogen and oxygen atoms in total. The lowest BCUT2D eigenvalue weighted by Crippen LogP contribution is -1.88. The minimum Gasteiger partial charge on any atom is -0.291 e. The van der Waals surface area contributed by atoms with Crippen LogP contribution in [-0.2, 0) is 0 Å². The maximum atomic E-state index is 9.27. The fourth-order valence-corrected chi connectivity index (χ4v) is 2.55. The Morgan fingerprint density at radius 1 is 1.41 bits per heavy atom. The van der Waals surface area contributed by atoms with Crippen LogP contribution in [0.2, 0.25) is 0 Å². The number of fused-ring (bicyclic) bond motifs is 1. The van der Waals surface area contributed by atoms with Crippen LogP contribution in [0.3, 0.4) is 0 Å². The highest BCUT2D eigenvalue weighted by molar-refractivity contribution is 7.13. The van der Waals surface area contributed by atoms with Gasteiger partial charge in [0.2, 0.25) is 0 Å². The van der Waals surface area contributed by atoms with Crippen molar-refractivity contribution in [3.8, 4) is 16.6 Å². The van der Waals surface area contributed by atoms with Crippen molar-refractivity contribution in [1.82, 2.24) is 9.38 Å². The van der Waals surface area contributed by atoms with E-state index in [0.717, 1.165) is 21.8 Å². The summed E-state index contributed by atoms with van der Waals surface area (Å²) in [5.41, 5.74) is 3.34. The topological polar surface area (TPSA) is 41.1 Å². The Morgan fingerprint density at radius 2 is 2.29 bits per heavy atom. The molecule has 17 heavy (non-hydrogen) atoms. The highest BCUT2D eigenvalue weighted by Gasteiger charge is 2.14. The van der Waals surface area contributed by atoms with E-state index in [1.165, 1.54) is 0 Å². The van der Waals surface area contributed by atoms with E-state index in [1.54, 1.807) is 11.3 Å². The molecule has 0 aromatic carbocycles. The van der Waals surface area contributed by atoms with Crippen LogP contribution in [0.1, 0.15) is 11.3 Å². The summed E-state index contributed by atoms with van der Waals surface area (Å²) in [5.74, 6) is 0. The molecule has 0 fully saturated rings. The van der Waals surface area contributed by atoms with E-state index in [-0.39, 0.29) is 0 Å². The molecule has 3 aromatic rings. The van der Waals surface area contributed by atoms with E-state index < -0.39 is 0 Å². The Labute approximate surface area is 103 Å². The molecule has 0 radical (unpaired) electrons. The summed E-state index contributed by atoms with van der Waals surface area (Å²) in [5, 5.41) is 11.3. The maximum absolute atomic E-state index is 9.27. The molecule has 0 spiro atoms. The second-order valence-electron chi connectivity index (χ2n) is 3.83. The van der Waals surface area contributed by atoms with Crippen LogP contribution in [0.25, 0.3) is 16.2 Å². The number of nitriles is 1. The fourth-order valence-electron chi connectivity index (χ4n) is 1.84. The predicted molar refractivity (Wildman–Crippen MR) is 68.0 cm³/mol. The molecule has 0 amide bonds. The number of hydrogen-bond acceptors (Lipinski definition) is 3. The average Bonchev–Trinajstić information content (AvgIpc) is 2.94. The summed E-state index contributed by atoms with van der Waals surface area (Å²) in [4.78, 5) is 5.57. The Balaban J connectivity index is 2.37. The molecule has 0 bridgehead atoms. The quantitative estimate of drug-likeness (QED) is 0.654. The predicted octanol–water partition coefficient (Wildman–Crippen LogP) is 3.24. The Kier molecular flexibility index (Phi) is 2.20. The van der Waals surface area contributed by atoms with Crippen LogP contribution in [0, 0.1) is 18.3 Å². The van der Waals surface area contributed by atoms with Crippen LogP contribution in [0.15, 0.2) is 35.8 Å². The van der Waals surface area contributed by atoms with Gasteiger partial charge in [-0.2, -0.15) is 5.26 Å². The second kappa shape index (κ2) is 3.72. The molecule has 0 unspecified atom stereocenters. The molecule has 0 aliphatic carbocycles. The van der Waals surface area contributed by atoms with Gasteiger partial charge in [0.1, 0.15) is 17.4 Å². The van der Waals surface area contributed by atoms with Gasteiger partial charge in [-0.1, -0.05) is 6.07 Å². The molecule has 3 aromatic heterocycles. The summed E-state index contributed by atoms with van der Waals surface area (Å²) in [6.07, 6.45) is 1.90. The van der Waals surface area contributed by atoms with Gasteiger partial charge < -0.3 is 0 Å². The van der Waals surface area contributed by atoms with E-state index in [4.69, 9.17) is 0 Å². The van der Waals surface area contributed by atoms with Crippen LogP contribution in [0.5, 0.6) is 0 Å². The Hall–Kier alpha value is -2.12. The number of nitrogens with zero attached hydrogens (tertiary/aromatic N) is 3. The number of rotatable bonds is 1. The molecule has 4 heteroatoms. The van der Waals surface area contributed by atoms with Crippen molar-refractivity contribution in [2.45, 2.75) is 6.92 Å². The summed E-state index contributed by atoms with van der Waals surface area (Å²) in [6, 6.07) is 10.2. The van der Waals surface area contributed by atoms with E-state index in [2.05, 4.69) is 11.1 Å². The first-order valence-corrected chi connectivity index (χ1v) is 6.10. The molecule has 0 aliphatic rings. The van der Waals surface area contributed by atoms with Gasteiger partial charge >= 0.3 is 0 Å². The Bertz CT molecular complexity index is 717. The van der Waals surface area contributed by atoms with Crippen molar-refractivity contribution in [2.75, 3.05) is 0 Å². The molecule has 0 saturated heterocycles. The molecule has 0 saturated carbocycles. The minimum atomic E-state index is 0.599. The Morgan fingerprint density at radius 3 is 3.00 bits per heavy atom. The highest BCUT2D eigenvalue weighted by atomic mass is 32.1. The molecule has 0 aliphatic heterocycles. The van der Waals surface area contributed by atoms with E-state index >= 15 is 0 Å². The monoisotopic (exact) mass is 239 g/mol. The van der Waals surface area contributed by atoms with E-state index in [9.17, 15) is 5.26 Å². The van der Waals surface area contributed by atoms with Crippen molar-refractivity contribution in [1.29, 1.82) is 5.26 Å². The molecule has 3 heterocycles. The summed E-state index contributed by atoms with van der Waals surface area (Å²) in [6.45, 7) is 2.02. The van der Waals surface area contributed by atoms with Crippen LogP contribution in [0.4, 0.5) is 0 Å². The van der Waals surface area contributed by atoms with Gasteiger partial charge in [-0.05, 0) is 36.1 Å². The first-order valence-electron chi connectivity index (χ1n) is 5.22. The normalized spacial score (nSPS) is 10.6. The first-order chi connectivity index (χ1) is 8.29. The maximum Gasteiger partial charge on any atom is 0.153 e. The molecule has 82 valence electrons. The second-order valence-corrected chi connectivity index (χ2v) is 4.78. The average molecular weight is 239 g/mol. The van der Waals surface area contributed by atoms with Gasteiger partial charge in [0.25, 0.3) is 0 Å². The number of aromatic nitrogens is 2. The number of hydrogen-bond donors (Lipinski definition) is 0. The SMILES string of the molecule is Cc1ccn2c(C#N)c(-c3cccs3)nc2c1. The van der Waals surface area contributed by atoms with Crippen molar-refractivity contribution < 1.29 is 0 Å². The van der Waals surface area contributed by atoms with Gasteiger partial charge in [-0.15, -0.1) is 11.3 Å². The van der Waals surface area contributed by atoms with Crippen molar-refractivity contribution in [2.24, 2.45) is 0 Å². The van der Waals surface area contributed by atoms with Crippen LogP contribution < -0.4 is 0 Å². The zero-order valence-electron chi connectivity index (χ0n) is 9.21. The molecule has 0 N–H and O–H groups in total. The number of aryl methyl sites for hydroxylation is 1. The van der Waals surface area contributed by atoms with Gasteiger partial charge in [0.05, 0.1) is 4.88 Å². The third kappa shape index (κ3) is 1.52. The van der Waals surface area contributed by atoms with Gasteiger partial charge in [-0.3, -0.25) is 4.40 Å². The van der Waals surface area contributed by atoms with Crippen LogP contribution >= 0.6 is 11.3 Å². The van der Waals surface area contributed by atoms with Crippen LogP contribution in [-0.4, -0.2) is 9.38 Å². The summed E-state index contributed by atoms with van der Waals surface area (Å²) in [7, 11) is 0. The van der Waals surface area contributed by atoms with Crippen molar-refractivity contribution in [3.05, 3.63) is 47.1 Å². The lowest BCUT2D eigenvalue weighted by atomic mass is 10.3. The largest absolute Gasteiger partial charge is 0.291 e. The van der Waals surface area contributed by atoms with E-state index in [0.29, 0.717) is 5.69 Å². The summed E-state index contributed by atoms with van der Waals surface area (Å²) < 4.78 is 1.84. The third-order valence-electron chi connectivity index (χ3n) is 2.64. The van der Waals surface area contributed by atoms with Gasteiger partial charge in [-0.25, -0.2) is 4.98 Å². The molecule has 0 atom stereocenters. The van der Waals surface area contributed by atoms with Gasteiger partial charge in [0.15, 0.2) is 5.69 Å². The van der Waals surface area contributed by atoms with Gasteiger partial charge in [0, 0.05) is 6.20 Å². The third-order valence-corrected chi connectivity index (χ3v) is 3.52. The standard InChI is InChI=1S/C13H9N3S/c1-9-4-5-16-10(8-14)13(15-12(16)7-9)11-3-2-6-17-11/h2-7H,1H3. The summed E-state index contributed by atoms with van der Waals surface area (Å²) >= 11 is 1.60. The fraction of sp³-hybridized carbons (Fsp3) is 0.0769. The zero-order valence-corrected chi connectivity index (χ0v) is 10.0. The smallest absolute Gasteiger partial charge is 0.153 e. The van der Waals surface area contributed by atoms with E-state index in [1.807, 2.05) is 47.2 Å². The molecule has 3 rings (SSSR count). The number of imidazole rings is 1. The molecular formula is C13H9N3S. The lowest BCUT2D eigenvalue weighted by Gasteiger charge is -1.95. The zero-order chi connectivity index (χ0) is 11.8. The highest BCUT2D eigenvalue weighted by Crippen LogP contribution is 2.27. The van der Waals surface area contributed by atoms with Crippen molar-refractivity contribution >= 4 is 17.0 Å². The number of pyridine rings is 1. The lowest BCUT2D eigenvalue weighted by molar-refractivity contribution is 1.14. The number of thiophene rings is 1.